The SMILES string of the molecule is Cc1ccc(O)c(/C=N/NC(=O)CCCCCCC(=O)Nc2ccccc2O)c1. The molecular weight excluding hydrogens is 370 g/mol. The third-order valence-electron chi connectivity index (χ3n) is 4.31. The van der Waals surface area contributed by atoms with Crippen LogP contribution in [0.3, 0.4) is 0 Å². The number of anilines is 1. The van der Waals surface area contributed by atoms with E-state index in [2.05, 4.69) is 15.8 Å². The van der Waals surface area contributed by atoms with E-state index in [9.17, 15) is 19.8 Å². The molecule has 0 unspecified atom stereocenters. The minimum Gasteiger partial charge on any atom is -0.507 e. The molecule has 0 aliphatic heterocycles. The zero-order chi connectivity index (χ0) is 21.1. The van der Waals surface area contributed by atoms with Crippen LogP contribution in [-0.2, 0) is 9.59 Å². The van der Waals surface area contributed by atoms with Crippen LogP contribution in [0.2, 0.25) is 0 Å². The molecule has 2 rings (SSSR count). The van der Waals surface area contributed by atoms with E-state index in [0.29, 0.717) is 36.9 Å². The fraction of sp³-hybridized carbons (Fsp3) is 0.318. The number of nitrogens with zero attached hydrogens (tertiary/aromatic N) is 1. The Hall–Kier alpha value is -3.35. The molecule has 0 aliphatic carbocycles. The molecule has 0 saturated heterocycles. The van der Waals surface area contributed by atoms with Gasteiger partial charge in [0, 0.05) is 18.4 Å². The number of carbonyl (C=O) groups is 2. The highest BCUT2D eigenvalue weighted by Crippen LogP contribution is 2.21. The number of benzene rings is 2. The molecule has 7 nitrogen and oxygen atoms in total. The summed E-state index contributed by atoms with van der Waals surface area (Å²) in [5.74, 6) is -0.170. The van der Waals surface area contributed by atoms with Crippen LogP contribution in [0.15, 0.2) is 47.6 Å². The predicted octanol–water partition coefficient (Wildman–Crippen LogP) is 3.84. The number of amides is 2. The van der Waals surface area contributed by atoms with Gasteiger partial charge in [-0.25, -0.2) is 5.43 Å². The molecule has 0 fully saturated rings. The van der Waals surface area contributed by atoms with E-state index in [-0.39, 0.29) is 23.3 Å². The Bertz CT molecular complexity index is 865. The van der Waals surface area contributed by atoms with Crippen LogP contribution in [0.1, 0.15) is 49.7 Å². The van der Waals surface area contributed by atoms with Gasteiger partial charge in [0.15, 0.2) is 0 Å². The van der Waals surface area contributed by atoms with Crippen LogP contribution >= 0.6 is 0 Å². The fourth-order valence-corrected chi connectivity index (χ4v) is 2.72. The van der Waals surface area contributed by atoms with Crippen molar-refractivity contribution in [1.29, 1.82) is 0 Å². The van der Waals surface area contributed by atoms with Crippen molar-refractivity contribution in [1.82, 2.24) is 5.43 Å². The lowest BCUT2D eigenvalue weighted by Gasteiger charge is -2.06. The van der Waals surface area contributed by atoms with E-state index in [1.165, 1.54) is 12.3 Å². The number of hydrogen-bond acceptors (Lipinski definition) is 5. The van der Waals surface area contributed by atoms with Crippen molar-refractivity contribution in [2.75, 3.05) is 5.32 Å². The largest absolute Gasteiger partial charge is 0.507 e. The van der Waals surface area contributed by atoms with Gasteiger partial charge in [-0.2, -0.15) is 5.10 Å². The summed E-state index contributed by atoms with van der Waals surface area (Å²) in [7, 11) is 0. The number of nitrogens with one attached hydrogen (secondary N) is 2. The summed E-state index contributed by atoms with van der Waals surface area (Å²) in [6.45, 7) is 1.91. The maximum Gasteiger partial charge on any atom is 0.240 e. The quantitative estimate of drug-likeness (QED) is 0.211. The van der Waals surface area contributed by atoms with Crippen LogP contribution in [0, 0.1) is 6.92 Å². The van der Waals surface area contributed by atoms with Gasteiger partial charge < -0.3 is 15.5 Å². The smallest absolute Gasteiger partial charge is 0.240 e. The van der Waals surface area contributed by atoms with Crippen LogP contribution in [0.5, 0.6) is 11.5 Å². The second kappa shape index (κ2) is 11.5. The molecule has 0 heterocycles. The summed E-state index contributed by atoms with van der Waals surface area (Å²) in [5.41, 5.74) is 4.40. The number of para-hydroxylation sites is 2. The molecule has 0 saturated carbocycles. The van der Waals surface area contributed by atoms with Crippen LogP contribution < -0.4 is 10.7 Å². The molecule has 0 aromatic heterocycles. The summed E-state index contributed by atoms with van der Waals surface area (Å²) in [6, 6.07) is 11.8. The lowest BCUT2D eigenvalue weighted by Crippen LogP contribution is -2.17. The molecule has 2 amide bonds. The monoisotopic (exact) mass is 397 g/mol. The number of aromatic hydroxyl groups is 2. The molecule has 4 N–H and O–H groups in total. The van der Waals surface area contributed by atoms with Gasteiger partial charge in [0.2, 0.25) is 11.8 Å². The number of unbranched alkanes of at least 4 members (excludes halogenated alkanes) is 3. The van der Waals surface area contributed by atoms with E-state index in [0.717, 1.165) is 18.4 Å². The van der Waals surface area contributed by atoms with Crippen LogP contribution in [0.4, 0.5) is 5.69 Å². The molecule has 29 heavy (non-hydrogen) atoms. The molecule has 7 heteroatoms. The number of rotatable bonds is 10. The topological polar surface area (TPSA) is 111 Å². The van der Waals surface area contributed by atoms with Crippen molar-refractivity contribution in [3.05, 3.63) is 53.6 Å². The Balaban J connectivity index is 1.56. The van der Waals surface area contributed by atoms with Crippen molar-refractivity contribution in [2.24, 2.45) is 5.10 Å². The van der Waals surface area contributed by atoms with Crippen LogP contribution in [-0.4, -0.2) is 28.2 Å². The first-order chi connectivity index (χ1) is 14.0. The van der Waals surface area contributed by atoms with E-state index >= 15 is 0 Å². The normalized spacial score (nSPS) is 10.8. The Kier molecular flexibility index (Phi) is 8.69. The van der Waals surface area contributed by atoms with Crippen molar-refractivity contribution in [2.45, 2.75) is 45.4 Å². The van der Waals surface area contributed by atoms with Crippen molar-refractivity contribution in [3.63, 3.8) is 0 Å². The van der Waals surface area contributed by atoms with Crippen molar-refractivity contribution >= 4 is 23.7 Å². The Morgan fingerprint density at radius 1 is 0.931 bits per heavy atom. The number of aryl methyl sites for hydroxylation is 1. The maximum atomic E-state index is 11.9. The molecule has 2 aromatic rings. The van der Waals surface area contributed by atoms with Gasteiger partial charge in [-0.1, -0.05) is 36.6 Å². The first-order valence-electron chi connectivity index (χ1n) is 9.65. The third kappa shape index (κ3) is 8.04. The van der Waals surface area contributed by atoms with Crippen molar-refractivity contribution in [3.8, 4) is 11.5 Å². The second-order valence-electron chi connectivity index (χ2n) is 6.83. The summed E-state index contributed by atoms with van der Waals surface area (Å²) in [6.07, 6.45) is 5.22. The first kappa shape index (κ1) is 21.9. The highest BCUT2D eigenvalue weighted by molar-refractivity contribution is 5.92. The van der Waals surface area contributed by atoms with E-state index in [1.807, 2.05) is 6.92 Å². The van der Waals surface area contributed by atoms with E-state index in [4.69, 9.17) is 0 Å². The Morgan fingerprint density at radius 3 is 2.34 bits per heavy atom. The molecular formula is C22H27N3O4. The van der Waals surface area contributed by atoms with Crippen LogP contribution in [0.25, 0.3) is 0 Å². The van der Waals surface area contributed by atoms with Gasteiger partial charge in [-0.05, 0) is 44.0 Å². The summed E-state index contributed by atoms with van der Waals surface area (Å²) < 4.78 is 0. The van der Waals surface area contributed by atoms with Gasteiger partial charge >= 0.3 is 0 Å². The minimum atomic E-state index is -0.189. The highest BCUT2D eigenvalue weighted by Gasteiger charge is 2.06. The second-order valence-corrected chi connectivity index (χ2v) is 6.83. The number of phenols is 2. The summed E-state index contributed by atoms with van der Waals surface area (Å²) in [4.78, 5) is 23.7. The summed E-state index contributed by atoms with van der Waals surface area (Å²) in [5, 5.41) is 25.9. The first-order valence-corrected chi connectivity index (χ1v) is 9.65. The molecule has 2 aromatic carbocycles. The number of hydrazone groups is 1. The lowest BCUT2D eigenvalue weighted by atomic mass is 10.1. The Labute approximate surface area is 170 Å². The molecule has 0 spiro atoms. The predicted molar refractivity (Wildman–Crippen MR) is 113 cm³/mol. The molecule has 154 valence electrons. The molecule has 0 atom stereocenters. The van der Waals surface area contributed by atoms with Crippen molar-refractivity contribution < 1.29 is 19.8 Å². The molecule has 0 bridgehead atoms. The van der Waals surface area contributed by atoms with Gasteiger partial charge in [-0.3, -0.25) is 9.59 Å². The van der Waals surface area contributed by atoms with Gasteiger partial charge in [0.25, 0.3) is 0 Å². The molecule has 0 aliphatic rings. The minimum absolute atomic E-state index is 0.0483. The number of phenolic OH excluding ortho intramolecular Hbond substituents is 2. The lowest BCUT2D eigenvalue weighted by molar-refractivity contribution is -0.121. The summed E-state index contributed by atoms with van der Waals surface area (Å²) >= 11 is 0. The fourth-order valence-electron chi connectivity index (χ4n) is 2.72. The standard InChI is InChI=1S/C22H27N3O4/c1-16-12-13-19(26)17(14-16)15-23-25-22(29)11-5-3-2-4-10-21(28)24-18-8-6-7-9-20(18)27/h6-9,12-15,26-27H,2-5,10-11H2,1H3,(H,24,28)(H,25,29)/b23-15+. The van der Waals surface area contributed by atoms with E-state index in [1.54, 1.807) is 36.4 Å². The van der Waals surface area contributed by atoms with Gasteiger partial charge in [-0.15, -0.1) is 0 Å². The number of hydrogen-bond donors (Lipinski definition) is 4. The zero-order valence-corrected chi connectivity index (χ0v) is 16.5. The number of carbonyl (C=O) groups excluding carboxylic acids is 2. The average Bonchev–Trinajstić information content (AvgIpc) is 2.69. The molecule has 0 radical (unpaired) electrons. The van der Waals surface area contributed by atoms with E-state index < -0.39 is 0 Å². The average molecular weight is 397 g/mol. The van der Waals surface area contributed by atoms with Gasteiger partial charge in [0.05, 0.1) is 11.9 Å². The third-order valence-corrected chi connectivity index (χ3v) is 4.31. The van der Waals surface area contributed by atoms with Gasteiger partial charge in [0.1, 0.15) is 11.5 Å². The zero-order valence-electron chi connectivity index (χ0n) is 16.5. The highest BCUT2D eigenvalue weighted by atomic mass is 16.3. The Morgan fingerprint density at radius 2 is 1.62 bits per heavy atom. The maximum absolute atomic E-state index is 11.9.